The molecule has 1 rings (SSSR count). The average Bonchev–Trinajstić information content (AvgIpc) is 2.58. The minimum atomic E-state index is 0.691. The molecule has 1 aromatic rings. The quantitative estimate of drug-likeness (QED) is 0.694. The molecule has 0 fully saturated rings. The van der Waals surface area contributed by atoms with Gasteiger partial charge in [-0.2, -0.15) is 0 Å². The first-order valence-electron chi connectivity index (χ1n) is 4.21. The van der Waals surface area contributed by atoms with Gasteiger partial charge >= 0.3 is 0 Å². The van der Waals surface area contributed by atoms with E-state index in [1.54, 1.807) is 11.3 Å². The molecule has 0 aliphatic carbocycles. The number of hydrogen-bond donors (Lipinski definition) is 0. The van der Waals surface area contributed by atoms with Crippen LogP contribution in [0.25, 0.3) is 0 Å². The van der Waals surface area contributed by atoms with E-state index in [9.17, 15) is 0 Å². The number of thiophene rings is 1. The van der Waals surface area contributed by atoms with Crippen LogP contribution in [0, 0.1) is 0 Å². The van der Waals surface area contributed by atoms with Crippen molar-refractivity contribution in [3.05, 3.63) is 24.6 Å². The third kappa shape index (κ3) is 3.99. The predicted octanol–water partition coefficient (Wildman–Crippen LogP) is 3.35. The van der Waals surface area contributed by atoms with Crippen molar-refractivity contribution >= 4 is 11.3 Å². The summed E-state index contributed by atoms with van der Waals surface area (Å²) >= 11 is 1.57. The van der Waals surface area contributed by atoms with Crippen LogP contribution in [0.1, 0.15) is 13.8 Å². The van der Waals surface area contributed by atoms with Gasteiger partial charge < -0.3 is 9.47 Å². The summed E-state index contributed by atoms with van der Waals surface area (Å²) in [5.74, 6) is 0.861. The molecule has 0 bridgehead atoms. The van der Waals surface area contributed by atoms with Gasteiger partial charge in [-0.05, 0) is 25.3 Å². The number of rotatable bonds is 4. The third-order valence-corrected chi connectivity index (χ3v) is 1.98. The molecule has 3 heteroatoms. The van der Waals surface area contributed by atoms with Crippen LogP contribution in [0.3, 0.4) is 0 Å². The largest absolute Gasteiger partial charge is 0.489 e. The van der Waals surface area contributed by atoms with Gasteiger partial charge in [0.1, 0.15) is 0 Å². The highest BCUT2D eigenvalue weighted by Crippen LogP contribution is 2.33. The summed E-state index contributed by atoms with van der Waals surface area (Å²) in [7, 11) is 0. The maximum Gasteiger partial charge on any atom is 0.216 e. The molecule has 0 aliphatic heterocycles. The Morgan fingerprint density at radius 3 is 2.38 bits per heavy atom. The number of ether oxygens (including phenoxy) is 2. The van der Waals surface area contributed by atoms with Crippen LogP contribution in [-0.4, -0.2) is 13.2 Å². The molecule has 0 N–H and O–H groups in total. The van der Waals surface area contributed by atoms with Crippen molar-refractivity contribution < 1.29 is 9.47 Å². The van der Waals surface area contributed by atoms with Gasteiger partial charge in [0, 0.05) is 0 Å². The maximum absolute atomic E-state index is 5.32. The molecule has 13 heavy (non-hydrogen) atoms. The lowest BCUT2D eigenvalue weighted by molar-refractivity contribution is 0.296. The summed E-state index contributed by atoms with van der Waals surface area (Å²) in [5.41, 5.74) is 0. The smallest absolute Gasteiger partial charge is 0.216 e. The third-order valence-electron chi connectivity index (χ3n) is 1.17. The highest BCUT2D eigenvalue weighted by atomic mass is 32.1. The van der Waals surface area contributed by atoms with Crippen LogP contribution in [0.2, 0.25) is 0 Å². The minimum absolute atomic E-state index is 0.691. The number of hydrogen-bond acceptors (Lipinski definition) is 3. The van der Waals surface area contributed by atoms with E-state index in [4.69, 9.17) is 9.47 Å². The molecule has 74 valence electrons. The van der Waals surface area contributed by atoms with Crippen molar-refractivity contribution in [1.82, 2.24) is 0 Å². The lowest BCUT2D eigenvalue weighted by Crippen LogP contribution is -1.94. The second-order valence-corrected chi connectivity index (χ2v) is 2.82. The molecule has 0 unspecified atom stereocenters. The summed E-state index contributed by atoms with van der Waals surface area (Å²) in [6, 6.07) is 1.93. The molecule has 0 saturated carbocycles. The topological polar surface area (TPSA) is 18.5 Å². The standard InChI is InChI=1S/C8H12O2S.C2H4/c1-3-9-7-5-6-11-8(7)10-4-2;1-2/h5-6H,3-4H2,1-2H3;1-2H2. The fraction of sp³-hybridized carbons (Fsp3) is 0.400. The van der Waals surface area contributed by atoms with Gasteiger partial charge in [0.05, 0.1) is 13.2 Å². The average molecular weight is 200 g/mol. The summed E-state index contributed by atoms with van der Waals surface area (Å²) < 4.78 is 10.6. The molecule has 1 aromatic heterocycles. The maximum atomic E-state index is 5.32. The van der Waals surface area contributed by atoms with Gasteiger partial charge in [-0.1, -0.05) is 0 Å². The Bertz CT molecular complexity index is 200. The van der Waals surface area contributed by atoms with Crippen molar-refractivity contribution in [2.45, 2.75) is 13.8 Å². The molecule has 2 nitrogen and oxygen atoms in total. The Labute approximate surface area is 83.8 Å². The first-order valence-corrected chi connectivity index (χ1v) is 5.09. The Balaban J connectivity index is 0.000000671. The highest BCUT2D eigenvalue weighted by Gasteiger charge is 2.03. The summed E-state index contributed by atoms with van der Waals surface area (Å²) in [6.07, 6.45) is 0. The molecular weight excluding hydrogens is 184 g/mol. The molecule has 0 amide bonds. The van der Waals surface area contributed by atoms with E-state index in [0.29, 0.717) is 13.2 Å². The van der Waals surface area contributed by atoms with Gasteiger partial charge in [-0.25, -0.2) is 0 Å². The molecule has 0 aromatic carbocycles. The molecule has 0 aliphatic rings. The van der Waals surface area contributed by atoms with E-state index in [1.165, 1.54) is 0 Å². The van der Waals surface area contributed by atoms with Gasteiger partial charge in [0.25, 0.3) is 0 Å². The monoisotopic (exact) mass is 200 g/mol. The molecule has 0 atom stereocenters. The molecule has 0 radical (unpaired) electrons. The Kier molecular flexibility index (Phi) is 7.11. The zero-order valence-corrected chi connectivity index (χ0v) is 9.02. The normalized spacial score (nSPS) is 8.46. The van der Waals surface area contributed by atoms with E-state index < -0.39 is 0 Å². The van der Waals surface area contributed by atoms with Crippen LogP contribution in [0.4, 0.5) is 0 Å². The van der Waals surface area contributed by atoms with Crippen LogP contribution in [0.5, 0.6) is 10.8 Å². The van der Waals surface area contributed by atoms with E-state index in [-0.39, 0.29) is 0 Å². The van der Waals surface area contributed by atoms with Gasteiger partial charge in [0.2, 0.25) is 5.06 Å². The second kappa shape index (κ2) is 7.68. The minimum Gasteiger partial charge on any atom is -0.489 e. The summed E-state index contributed by atoms with van der Waals surface area (Å²) in [5, 5.41) is 2.85. The van der Waals surface area contributed by atoms with Gasteiger partial charge in [-0.3, -0.25) is 0 Å². The zero-order chi connectivity index (χ0) is 10.1. The van der Waals surface area contributed by atoms with E-state index in [0.717, 1.165) is 10.8 Å². The second-order valence-electron chi connectivity index (χ2n) is 1.94. The van der Waals surface area contributed by atoms with Crippen molar-refractivity contribution in [2.24, 2.45) is 0 Å². The van der Waals surface area contributed by atoms with E-state index in [1.807, 2.05) is 25.3 Å². The van der Waals surface area contributed by atoms with Crippen LogP contribution in [0.15, 0.2) is 24.6 Å². The molecular formula is C10H16O2S. The first kappa shape index (κ1) is 12.0. The molecule has 1 heterocycles. The predicted molar refractivity (Wildman–Crippen MR) is 57.9 cm³/mol. The highest BCUT2D eigenvalue weighted by molar-refractivity contribution is 7.12. The molecule has 0 saturated heterocycles. The first-order chi connectivity index (χ1) is 6.38. The summed E-state index contributed by atoms with van der Waals surface area (Å²) in [4.78, 5) is 0. The fourth-order valence-corrected chi connectivity index (χ4v) is 1.53. The van der Waals surface area contributed by atoms with E-state index >= 15 is 0 Å². The van der Waals surface area contributed by atoms with Gasteiger partial charge in [-0.15, -0.1) is 24.5 Å². The van der Waals surface area contributed by atoms with Crippen LogP contribution in [-0.2, 0) is 0 Å². The fourth-order valence-electron chi connectivity index (χ4n) is 0.783. The van der Waals surface area contributed by atoms with Crippen molar-refractivity contribution in [2.75, 3.05) is 13.2 Å². The lowest BCUT2D eigenvalue weighted by Gasteiger charge is -2.03. The molecule has 0 spiro atoms. The van der Waals surface area contributed by atoms with Crippen LogP contribution >= 0.6 is 11.3 Å². The Morgan fingerprint density at radius 1 is 1.23 bits per heavy atom. The van der Waals surface area contributed by atoms with Crippen molar-refractivity contribution in [3.63, 3.8) is 0 Å². The van der Waals surface area contributed by atoms with Gasteiger partial charge in [0.15, 0.2) is 5.75 Å². The summed E-state index contributed by atoms with van der Waals surface area (Å²) in [6.45, 7) is 11.3. The van der Waals surface area contributed by atoms with Crippen molar-refractivity contribution in [3.8, 4) is 10.8 Å². The zero-order valence-electron chi connectivity index (χ0n) is 8.21. The van der Waals surface area contributed by atoms with Crippen LogP contribution < -0.4 is 9.47 Å². The Morgan fingerprint density at radius 2 is 1.85 bits per heavy atom. The van der Waals surface area contributed by atoms with E-state index in [2.05, 4.69) is 13.2 Å². The Hall–Kier alpha value is -0.960. The van der Waals surface area contributed by atoms with Crippen molar-refractivity contribution in [1.29, 1.82) is 0 Å². The lowest BCUT2D eigenvalue weighted by atomic mass is 10.6. The SMILES string of the molecule is C=C.CCOc1ccsc1OCC.